The van der Waals surface area contributed by atoms with E-state index in [-0.39, 0.29) is 0 Å². The zero-order valence-electron chi connectivity index (χ0n) is 13.3. The van der Waals surface area contributed by atoms with E-state index < -0.39 is 0 Å². The molecule has 3 rings (SSSR count). The van der Waals surface area contributed by atoms with Gasteiger partial charge in [0.05, 0.1) is 0 Å². The number of piperidine rings is 1. The zero-order chi connectivity index (χ0) is 14.8. The molecule has 2 heteroatoms. The first kappa shape index (κ1) is 14.6. The maximum atomic E-state index is 12.2. The van der Waals surface area contributed by atoms with Gasteiger partial charge in [0.2, 0.25) is 5.91 Å². The van der Waals surface area contributed by atoms with E-state index >= 15 is 0 Å². The lowest BCUT2D eigenvalue weighted by Gasteiger charge is -2.32. The third kappa shape index (κ3) is 3.66. The van der Waals surface area contributed by atoms with Gasteiger partial charge in [-0.15, -0.1) is 0 Å². The van der Waals surface area contributed by atoms with Crippen molar-refractivity contribution in [3.05, 3.63) is 35.4 Å². The molecule has 21 heavy (non-hydrogen) atoms. The topological polar surface area (TPSA) is 20.3 Å². The van der Waals surface area contributed by atoms with Crippen LogP contribution in [0.2, 0.25) is 0 Å². The number of benzene rings is 1. The van der Waals surface area contributed by atoms with E-state index in [1.54, 1.807) is 0 Å². The molecule has 0 unspecified atom stereocenters. The van der Waals surface area contributed by atoms with E-state index in [4.69, 9.17) is 0 Å². The Morgan fingerprint density at radius 2 is 1.81 bits per heavy atom. The molecular weight excluding hydrogens is 258 g/mol. The van der Waals surface area contributed by atoms with Crippen LogP contribution in [0.1, 0.15) is 43.7 Å². The van der Waals surface area contributed by atoms with Crippen molar-refractivity contribution in [2.45, 2.75) is 46.0 Å². The van der Waals surface area contributed by atoms with E-state index in [2.05, 4.69) is 43.0 Å². The minimum absolute atomic E-state index is 0.356. The van der Waals surface area contributed by atoms with Crippen molar-refractivity contribution in [2.75, 3.05) is 13.1 Å². The zero-order valence-corrected chi connectivity index (χ0v) is 13.3. The van der Waals surface area contributed by atoms with Gasteiger partial charge in [0.25, 0.3) is 0 Å². The normalized spacial score (nSPS) is 25.9. The summed E-state index contributed by atoms with van der Waals surface area (Å²) in [6.07, 6.45) is 5.95. The Labute approximate surface area is 128 Å². The SMILES string of the molecule is Cc1ccc(CCC2CCN(C(=O)[C@H]3C[C@H]3C)CC2)cc1. The van der Waals surface area contributed by atoms with Crippen LogP contribution < -0.4 is 0 Å². The highest BCUT2D eigenvalue weighted by Gasteiger charge is 2.41. The molecule has 1 amide bonds. The highest BCUT2D eigenvalue weighted by atomic mass is 16.2. The van der Waals surface area contributed by atoms with Crippen molar-refractivity contribution >= 4 is 5.91 Å². The van der Waals surface area contributed by atoms with Crippen LogP contribution in [0.5, 0.6) is 0 Å². The molecule has 2 fully saturated rings. The third-order valence-electron chi connectivity index (χ3n) is 5.31. The first-order valence-corrected chi connectivity index (χ1v) is 8.48. The summed E-state index contributed by atoms with van der Waals surface area (Å²) in [4.78, 5) is 14.3. The van der Waals surface area contributed by atoms with Crippen molar-refractivity contribution in [2.24, 2.45) is 17.8 Å². The fourth-order valence-electron chi connectivity index (χ4n) is 3.47. The second-order valence-corrected chi connectivity index (χ2v) is 7.11. The second-order valence-electron chi connectivity index (χ2n) is 7.11. The molecule has 0 bridgehead atoms. The summed E-state index contributed by atoms with van der Waals surface area (Å²) in [6, 6.07) is 8.91. The molecule has 2 nitrogen and oxygen atoms in total. The molecular formula is C19H27NO. The van der Waals surface area contributed by atoms with Crippen molar-refractivity contribution in [1.82, 2.24) is 4.90 Å². The van der Waals surface area contributed by atoms with Gasteiger partial charge in [-0.1, -0.05) is 36.8 Å². The number of hydrogen-bond acceptors (Lipinski definition) is 1. The highest BCUT2D eigenvalue weighted by Crippen LogP contribution is 2.40. The number of rotatable bonds is 4. The average molecular weight is 285 g/mol. The summed E-state index contributed by atoms with van der Waals surface area (Å²) >= 11 is 0. The molecule has 1 heterocycles. The number of hydrogen-bond donors (Lipinski definition) is 0. The Kier molecular flexibility index (Phi) is 4.32. The minimum Gasteiger partial charge on any atom is -0.342 e. The van der Waals surface area contributed by atoms with Gasteiger partial charge < -0.3 is 4.90 Å². The third-order valence-corrected chi connectivity index (χ3v) is 5.31. The number of likely N-dealkylation sites (tertiary alicyclic amines) is 1. The molecule has 1 saturated heterocycles. The molecule has 1 saturated carbocycles. The smallest absolute Gasteiger partial charge is 0.225 e. The standard InChI is InChI=1S/C19H27NO/c1-14-3-5-16(6-4-14)7-8-17-9-11-20(12-10-17)19(21)18-13-15(18)2/h3-6,15,17-18H,7-13H2,1-2H3/t15-,18+/m1/s1. The number of carbonyl (C=O) groups is 1. The van der Waals surface area contributed by atoms with Gasteiger partial charge in [0.1, 0.15) is 0 Å². The summed E-state index contributed by atoms with van der Waals surface area (Å²) in [5, 5.41) is 0. The van der Waals surface area contributed by atoms with Gasteiger partial charge in [-0.05, 0) is 56.4 Å². The lowest BCUT2D eigenvalue weighted by molar-refractivity contribution is -0.134. The van der Waals surface area contributed by atoms with Gasteiger partial charge in [-0.25, -0.2) is 0 Å². The van der Waals surface area contributed by atoms with Crippen LogP contribution in [-0.2, 0) is 11.2 Å². The summed E-state index contributed by atoms with van der Waals surface area (Å²) in [7, 11) is 0. The monoisotopic (exact) mass is 285 g/mol. The predicted molar refractivity (Wildman–Crippen MR) is 86.1 cm³/mol. The highest BCUT2D eigenvalue weighted by molar-refractivity contribution is 5.81. The Morgan fingerprint density at radius 3 is 2.38 bits per heavy atom. The largest absolute Gasteiger partial charge is 0.342 e. The van der Waals surface area contributed by atoms with Gasteiger partial charge >= 0.3 is 0 Å². The van der Waals surface area contributed by atoms with Crippen LogP contribution in [0.3, 0.4) is 0 Å². The molecule has 1 aliphatic heterocycles. The molecule has 0 spiro atoms. The first-order valence-electron chi connectivity index (χ1n) is 8.48. The van der Waals surface area contributed by atoms with Gasteiger partial charge in [0.15, 0.2) is 0 Å². The first-order chi connectivity index (χ1) is 10.1. The number of aryl methyl sites for hydroxylation is 2. The Morgan fingerprint density at radius 1 is 1.19 bits per heavy atom. The van der Waals surface area contributed by atoms with E-state index in [1.165, 1.54) is 36.8 Å². The van der Waals surface area contributed by atoms with Crippen molar-refractivity contribution in [3.63, 3.8) is 0 Å². The van der Waals surface area contributed by atoms with E-state index in [9.17, 15) is 4.79 Å². The molecule has 2 atom stereocenters. The van der Waals surface area contributed by atoms with Crippen LogP contribution in [0.25, 0.3) is 0 Å². The Hall–Kier alpha value is -1.31. The van der Waals surface area contributed by atoms with Crippen LogP contribution in [0.15, 0.2) is 24.3 Å². The maximum absolute atomic E-state index is 12.2. The molecule has 114 valence electrons. The van der Waals surface area contributed by atoms with Gasteiger partial charge in [-0.2, -0.15) is 0 Å². The van der Waals surface area contributed by atoms with Gasteiger partial charge in [-0.3, -0.25) is 4.79 Å². The summed E-state index contributed by atoms with van der Waals surface area (Å²) in [5.41, 5.74) is 2.78. The number of nitrogens with zero attached hydrogens (tertiary/aromatic N) is 1. The predicted octanol–water partition coefficient (Wildman–Crippen LogP) is 3.82. The van der Waals surface area contributed by atoms with Crippen molar-refractivity contribution < 1.29 is 4.79 Å². The Bertz CT molecular complexity index is 485. The number of amides is 1. The minimum atomic E-state index is 0.356. The molecule has 0 aromatic heterocycles. The summed E-state index contributed by atoms with van der Waals surface area (Å²) in [6.45, 7) is 6.30. The van der Waals surface area contributed by atoms with Gasteiger partial charge in [0, 0.05) is 19.0 Å². The lowest BCUT2D eigenvalue weighted by Crippen LogP contribution is -2.39. The Balaban J connectivity index is 1.41. The molecule has 0 radical (unpaired) electrons. The van der Waals surface area contributed by atoms with Crippen LogP contribution in [0, 0.1) is 24.7 Å². The fourth-order valence-corrected chi connectivity index (χ4v) is 3.47. The van der Waals surface area contributed by atoms with Crippen LogP contribution >= 0.6 is 0 Å². The van der Waals surface area contributed by atoms with E-state index in [1.807, 2.05) is 0 Å². The quantitative estimate of drug-likeness (QED) is 0.823. The van der Waals surface area contributed by atoms with E-state index in [0.717, 1.165) is 25.4 Å². The number of carbonyl (C=O) groups excluding carboxylic acids is 1. The lowest BCUT2D eigenvalue weighted by atomic mass is 9.90. The molecule has 1 aromatic rings. The molecule has 2 aliphatic rings. The average Bonchev–Trinajstić information content (AvgIpc) is 3.23. The second kappa shape index (κ2) is 6.21. The fraction of sp³-hybridized carbons (Fsp3) is 0.632. The molecule has 0 N–H and O–H groups in total. The molecule has 1 aromatic carbocycles. The van der Waals surface area contributed by atoms with Crippen LogP contribution in [0.4, 0.5) is 0 Å². The van der Waals surface area contributed by atoms with E-state index in [0.29, 0.717) is 17.7 Å². The van der Waals surface area contributed by atoms with Crippen molar-refractivity contribution in [1.29, 1.82) is 0 Å². The molecule has 1 aliphatic carbocycles. The maximum Gasteiger partial charge on any atom is 0.225 e. The summed E-state index contributed by atoms with van der Waals surface area (Å²) in [5.74, 6) is 2.22. The van der Waals surface area contributed by atoms with Crippen LogP contribution in [-0.4, -0.2) is 23.9 Å². The van der Waals surface area contributed by atoms with Crippen molar-refractivity contribution in [3.8, 4) is 0 Å². The summed E-state index contributed by atoms with van der Waals surface area (Å²) < 4.78 is 0.